The zero-order valence-corrected chi connectivity index (χ0v) is 9.75. The van der Waals surface area contributed by atoms with Crippen LogP contribution in [0.1, 0.15) is 52.9 Å². The highest BCUT2D eigenvalue weighted by molar-refractivity contribution is 5.80. The van der Waals surface area contributed by atoms with Crippen LogP contribution in [0.25, 0.3) is 0 Å². The molecule has 0 aromatic carbocycles. The van der Waals surface area contributed by atoms with E-state index in [0.717, 1.165) is 12.8 Å². The van der Waals surface area contributed by atoms with Gasteiger partial charge in [-0.15, -0.1) is 0 Å². The van der Waals surface area contributed by atoms with E-state index < -0.39 is 0 Å². The van der Waals surface area contributed by atoms with E-state index in [1.807, 2.05) is 0 Å². The van der Waals surface area contributed by atoms with E-state index in [1.54, 1.807) is 0 Å². The van der Waals surface area contributed by atoms with Crippen LogP contribution in [0.4, 0.5) is 0 Å². The van der Waals surface area contributed by atoms with E-state index in [1.165, 1.54) is 19.3 Å². The summed E-state index contributed by atoms with van der Waals surface area (Å²) < 4.78 is 0. The van der Waals surface area contributed by atoms with Gasteiger partial charge < -0.3 is 0 Å². The summed E-state index contributed by atoms with van der Waals surface area (Å²) in [6.07, 6.45) is 5.45. The first-order chi connectivity index (χ1) is 6.69. The molecule has 14 heavy (non-hydrogen) atoms. The molecule has 1 heterocycles. The van der Waals surface area contributed by atoms with E-state index >= 15 is 0 Å². The average molecular weight is 197 g/mol. The van der Waals surface area contributed by atoms with Crippen LogP contribution in [0.5, 0.6) is 0 Å². The highest BCUT2D eigenvalue weighted by Crippen LogP contribution is 2.25. The van der Waals surface area contributed by atoms with Crippen molar-refractivity contribution < 1.29 is 4.79 Å². The summed E-state index contributed by atoms with van der Waals surface area (Å²) in [4.78, 5) is 14.0. The first-order valence-corrected chi connectivity index (χ1v) is 5.96. The molecule has 1 saturated heterocycles. The minimum atomic E-state index is 0.416. The van der Waals surface area contributed by atoms with Gasteiger partial charge in [-0.3, -0.25) is 9.69 Å². The number of carbonyl (C=O) groups is 1. The SMILES string of the molecule is CCCC(=O)CN1C(C)CCC1CC. The van der Waals surface area contributed by atoms with Crippen LogP contribution >= 0.6 is 0 Å². The second-order valence-corrected chi connectivity index (χ2v) is 4.45. The van der Waals surface area contributed by atoms with Gasteiger partial charge in [0.1, 0.15) is 5.78 Å². The molecule has 0 aromatic heterocycles. The van der Waals surface area contributed by atoms with Crippen LogP contribution in [0.2, 0.25) is 0 Å². The molecule has 0 amide bonds. The highest BCUT2D eigenvalue weighted by Gasteiger charge is 2.29. The van der Waals surface area contributed by atoms with Gasteiger partial charge >= 0.3 is 0 Å². The third-order valence-electron chi connectivity index (χ3n) is 3.31. The second kappa shape index (κ2) is 5.50. The zero-order valence-electron chi connectivity index (χ0n) is 9.75. The number of hydrogen-bond donors (Lipinski definition) is 0. The summed E-state index contributed by atoms with van der Waals surface area (Å²) in [7, 11) is 0. The Morgan fingerprint density at radius 1 is 1.36 bits per heavy atom. The molecule has 0 saturated carbocycles. The van der Waals surface area contributed by atoms with Crippen molar-refractivity contribution in [3.63, 3.8) is 0 Å². The van der Waals surface area contributed by atoms with Gasteiger partial charge in [0.25, 0.3) is 0 Å². The Hall–Kier alpha value is -0.370. The minimum Gasteiger partial charge on any atom is -0.298 e. The summed E-state index contributed by atoms with van der Waals surface area (Å²) in [5.41, 5.74) is 0. The highest BCUT2D eigenvalue weighted by atomic mass is 16.1. The van der Waals surface area contributed by atoms with Crippen LogP contribution in [0.15, 0.2) is 0 Å². The van der Waals surface area contributed by atoms with Crippen molar-refractivity contribution in [1.82, 2.24) is 4.90 Å². The lowest BCUT2D eigenvalue weighted by molar-refractivity contribution is -0.120. The number of ketones is 1. The van der Waals surface area contributed by atoms with Gasteiger partial charge in [-0.25, -0.2) is 0 Å². The van der Waals surface area contributed by atoms with Crippen LogP contribution in [0.3, 0.4) is 0 Å². The third-order valence-corrected chi connectivity index (χ3v) is 3.31. The summed E-state index contributed by atoms with van der Waals surface area (Å²) in [6.45, 7) is 7.23. The normalized spacial score (nSPS) is 28.2. The number of rotatable bonds is 5. The summed E-state index contributed by atoms with van der Waals surface area (Å²) in [5.74, 6) is 0.416. The smallest absolute Gasteiger partial charge is 0.146 e. The molecule has 2 atom stereocenters. The van der Waals surface area contributed by atoms with Gasteiger partial charge in [0.15, 0.2) is 0 Å². The molecule has 82 valence electrons. The molecule has 0 N–H and O–H groups in total. The maximum Gasteiger partial charge on any atom is 0.146 e. The number of carbonyl (C=O) groups excluding carboxylic acids is 1. The molecule has 2 nitrogen and oxygen atoms in total. The topological polar surface area (TPSA) is 20.3 Å². The van der Waals surface area contributed by atoms with Gasteiger partial charge in [-0.1, -0.05) is 13.8 Å². The largest absolute Gasteiger partial charge is 0.298 e. The summed E-state index contributed by atoms with van der Waals surface area (Å²) >= 11 is 0. The molecule has 0 aliphatic carbocycles. The maximum atomic E-state index is 11.6. The Labute approximate surface area is 87.7 Å². The standard InChI is InChI=1S/C12H23NO/c1-4-6-12(14)9-13-10(3)7-8-11(13)5-2/h10-11H,4-9H2,1-3H3. The van der Waals surface area contributed by atoms with Crippen LogP contribution in [0, 0.1) is 0 Å². The van der Waals surface area contributed by atoms with Crippen molar-refractivity contribution in [2.75, 3.05) is 6.54 Å². The van der Waals surface area contributed by atoms with E-state index in [-0.39, 0.29) is 0 Å². The molecule has 0 radical (unpaired) electrons. The molecule has 2 heteroatoms. The lowest BCUT2D eigenvalue weighted by Crippen LogP contribution is -2.38. The lowest BCUT2D eigenvalue weighted by Gasteiger charge is -2.26. The van der Waals surface area contributed by atoms with E-state index in [4.69, 9.17) is 0 Å². The molecule has 0 spiro atoms. The molecule has 1 fully saturated rings. The Kier molecular flexibility index (Phi) is 4.59. The van der Waals surface area contributed by atoms with E-state index in [9.17, 15) is 4.79 Å². The fourth-order valence-corrected chi connectivity index (χ4v) is 2.41. The van der Waals surface area contributed by atoms with Gasteiger partial charge in [0.05, 0.1) is 6.54 Å². The number of likely N-dealkylation sites (tertiary alicyclic amines) is 1. The van der Waals surface area contributed by atoms with Gasteiger partial charge in [0, 0.05) is 18.5 Å². The van der Waals surface area contributed by atoms with E-state index in [2.05, 4.69) is 25.7 Å². The molecule has 0 bridgehead atoms. The second-order valence-electron chi connectivity index (χ2n) is 4.45. The molecule has 1 aliphatic rings. The van der Waals surface area contributed by atoms with Crippen LogP contribution in [-0.2, 0) is 4.79 Å². The third kappa shape index (κ3) is 2.81. The Morgan fingerprint density at radius 3 is 2.64 bits per heavy atom. The van der Waals surface area contributed by atoms with Crippen molar-refractivity contribution >= 4 is 5.78 Å². The first-order valence-electron chi connectivity index (χ1n) is 5.96. The molecular weight excluding hydrogens is 174 g/mol. The van der Waals surface area contributed by atoms with Crippen molar-refractivity contribution in [1.29, 1.82) is 0 Å². The molecule has 1 aliphatic heterocycles. The van der Waals surface area contributed by atoms with Gasteiger partial charge in [-0.05, 0) is 32.6 Å². The lowest BCUT2D eigenvalue weighted by atomic mass is 10.1. The Bertz CT molecular complexity index is 191. The fourth-order valence-electron chi connectivity index (χ4n) is 2.41. The quantitative estimate of drug-likeness (QED) is 0.675. The average Bonchev–Trinajstić information content (AvgIpc) is 2.48. The van der Waals surface area contributed by atoms with Crippen molar-refractivity contribution in [3.8, 4) is 0 Å². The zero-order chi connectivity index (χ0) is 10.6. The maximum absolute atomic E-state index is 11.6. The number of nitrogens with zero attached hydrogens (tertiary/aromatic N) is 1. The number of Topliss-reactive ketones (excluding diaryl/α,β-unsaturated/α-hetero) is 1. The summed E-state index contributed by atoms with van der Waals surface area (Å²) in [6, 6.07) is 1.27. The molecule has 2 unspecified atom stereocenters. The van der Waals surface area contributed by atoms with Crippen LogP contribution in [-0.4, -0.2) is 29.3 Å². The monoisotopic (exact) mass is 197 g/mol. The van der Waals surface area contributed by atoms with E-state index in [0.29, 0.717) is 24.4 Å². The molecule has 0 aromatic rings. The minimum absolute atomic E-state index is 0.416. The first kappa shape index (κ1) is 11.7. The molecular formula is C12H23NO. The van der Waals surface area contributed by atoms with Crippen molar-refractivity contribution in [2.24, 2.45) is 0 Å². The fraction of sp³-hybridized carbons (Fsp3) is 0.917. The predicted octanol–water partition coefficient (Wildman–Crippen LogP) is 2.62. The van der Waals surface area contributed by atoms with Crippen molar-refractivity contribution in [2.45, 2.75) is 65.0 Å². The van der Waals surface area contributed by atoms with Gasteiger partial charge in [-0.2, -0.15) is 0 Å². The predicted molar refractivity (Wildman–Crippen MR) is 59.4 cm³/mol. The Morgan fingerprint density at radius 2 is 2.07 bits per heavy atom. The van der Waals surface area contributed by atoms with Crippen molar-refractivity contribution in [3.05, 3.63) is 0 Å². The summed E-state index contributed by atoms with van der Waals surface area (Å²) in [5, 5.41) is 0. The van der Waals surface area contributed by atoms with Crippen LogP contribution < -0.4 is 0 Å². The molecule has 1 rings (SSSR count). The number of hydrogen-bond acceptors (Lipinski definition) is 2. The Balaban J connectivity index is 2.44. The van der Waals surface area contributed by atoms with Gasteiger partial charge in [0.2, 0.25) is 0 Å².